The fourth-order valence-electron chi connectivity index (χ4n) is 4.25. The second-order valence-corrected chi connectivity index (χ2v) is 9.92. The molecule has 1 aliphatic carbocycles. The molecule has 1 aromatic heterocycles. The lowest BCUT2D eigenvalue weighted by Crippen LogP contribution is -2.31. The number of nitrogens with one attached hydrogen (secondary N) is 2. The van der Waals surface area contributed by atoms with Gasteiger partial charge in [-0.1, -0.05) is 27.7 Å². The van der Waals surface area contributed by atoms with Gasteiger partial charge in [0.2, 0.25) is 5.91 Å². The van der Waals surface area contributed by atoms with Crippen LogP contribution in [0.15, 0.2) is 0 Å². The van der Waals surface area contributed by atoms with Gasteiger partial charge in [-0.3, -0.25) is 9.59 Å². The van der Waals surface area contributed by atoms with E-state index in [-0.39, 0.29) is 28.6 Å². The third kappa shape index (κ3) is 3.52. The van der Waals surface area contributed by atoms with E-state index in [1.807, 2.05) is 0 Å². The Hall–Kier alpha value is -1.44. The molecule has 2 aliphatic rings. The maximum atomic E-state index is 13.0. The number of hydrogen-bond acceptors (Lipinski definition) is 5. The van der Waals surface area contributed by atoms with Gasteiger partial charge in [-0.15, -0.1) is 11.3 Å². The predicted octanol–water partition coefficient (Wildman–Crippen LogP) is 2.73. The van der Waals surface area contributed by atoms with Crippen LogP contribution in [0.4, 0.5) is 5.00 Å². The minimum Gasteiger partial charge on any atom is -0.383 e. The Bertz CT molecular complexity index is 740. The average molecular weight is 394 g/mol. The summed E-state index contributed by atoms with van der Waals surface area (Å²) in [5, 5.41) is 6.70. The number of nitrogens with zero attached hydrogens (tertiary/aromatic N) is 1. The minimum absolute atomic E-state index is 0.0166. The molecular weight excluding hydrogens is 362 g/mol. The van der Waals surface area contributed by atoms with Gasteiger partial charge in [0.15, 0.2) is 0 Å². The zero-order chi connectivity index (χ0) is 20.0. The molecule has 150 valence electrons. The Morgan fingerprint density at radius 2 is 1.93 bits per heavy atom. The summed E-state index contributed by atoms with van der Waals surface area (Å²) < 4.78 is 5.03. The van der Waals surface area contributed by atoms with Gasteiger partial charge in [-0.2, -0.15) is 0 Å². The summed E-state index contributed by atoms with van der Waals surface area (Å²) in [4.78, 5) is 29.2. The Balaban J connectivity index is 1.86. The third-order valence-electron chi connectivity index (χ3n) is 6.59. The Labute approximate surface area is 165 Å². The molecule has 27 heavy (non-hydrogen) atoms. The normalized spacial score (nSPS) is 20.8. The lowest BCUT2D eigenvalue weighted by Gasteiger charge is -2.22. The summed E-state index contributed by atoms with van der Waals surface area (Å²) in [5.74, 6) is -0.155. The number of methoxy groups -OCH3 is 1. The van der Waals surface area contributed by atoms with Crippen molar-refractivity contribution >= 4 is 28.2 Å². The van der Waals surface area contributed by atoms with Crippen molar-refractivity contribution in [3.05, 3.63) is 16.0 Å². The van der Waals surface area contributed by atoms with E-state index in [0.717, 1.165) is 25.1 Å². The summed E-state index contributed by atoms with van der Waals surface area (Å²) in [6.07, 6.45) is 0.825. The van der Waals surface area contributed by atoms with Crippen LogP contribution in [0.5, 0.6) is 0 Å². The Morgan fingerprint density at radius 3 is 2.52 bits per heavy atom. The van der Waals surface area contributed by atoms with Crippen molar-refractivity contribution < 1.29 is 14.3 Å². The van der Waals surface area contributed by atoms with Gasteiger partial charge in [0.25, 0.3) is 5.91 Å². The van der Waals surface area contributed by atoms with E-state index < -0.39 is 0 Å². The molecule has 0 unspecified atom stereocenters. The number of rotatable bonds is 6. The first-order valence-electron chi connectivity index (χ1n) is 9.52. The van der Waals surface area contributed by atoms with E-state index in [4.69, 9.17) is 4.74 Å². The summed E-state index contributed by atoms with van der Waals surface area (Å²) in [6.45, 7) is 11.2. The number of hydrogen-bond donors (Lipinski definition) is 2. The maximum Gasteiger partial charge on any atom is 0.254 e. The summed E-state index contributed by atoms with van der Waals surface area (Å²) in [5.41, 5.74) is 1.66. The molecule has 0 saturated heterocycles. The summed E-state index contributed by atoms with van der Waals surface area (Å²) >= 11 is 1.54. The largest absolute Gasteiger partial charge is 0.383 e. The van der Waals surface area contributed by atoms with E-state index in [1.54, 1.807) is 18.4 Å². The van der Waals surface area contributed by atoms with Crippen LogP contribution in [0.1, 0.15) is 48.5 Å². The SMILES string of the molecule is COCCNC(=O)c1c(NC(=O)C2C(C)(C)C2(C)C)sc2c1CCN(C)C2. The standard InChI is InChI=1S/C20H31N3O3S/c1-19(2)15(20(19,3)4)17(25)22-18-14(16(24)21-8-10-26-6)12-7-9-23(5)11-13(12)27-18/h15H,7-11H2,1-6H3,(H,21,24)(H,22,25). The van der Waals surface area contributed by atoms with Gasteiger partial charge in [-0.05, 0) is 29.9 Å². The number of likely N-dealkylation sites (N-methyl/N-ethyl adjacent to an activating group) is 1. The number of carbonyl (C=O) groups excluding carboxylic acids is 2. The van der Waals surface area contributed by atoms with Crippen molar-refractivity contribution in [2.45, 2.75) is 40.7 Å². The van der Waals surface area contributed by atoms with Gasteiger partial charge in [0, 0.05) is 37.5 Å². The minimum atomic E-state index is -0.126. The number of anilines is 1. The van der Waals surface area contributed by atoms with E-state index in [9.17, 15) is 9.59 Å². The molecule has 7 heteroatoms. The van der Waals surface area contributed by atoms with Crippen molar-refractivity contribution in [1.29, 1.82) is 0 Å². The maximum absolute atomic E-state index is 13.0. The number of ether oxygens (including phenoxy) is 1. The Morgan fingerprint density at radius 1 is 1.26 bits per heavy atom. The van der Waals surface area contributed by atoms with Crippen LogP contribution in [0.25, 0.3) is 0 Å². The number of fused-ring (bicyclic) bond motifs is 1. The van der Waals surface area contributed by atoms with Crippen LogP contribution < -0.4 is 10.6 Å². The second-order valence-electron chi connectivity index (χ2n) is 8.81. The average Bonchev–Trinajstić information content (AvgIpc) is 2.84. The lowest BCUT2D eigenvalue weighted by molar-refractivity contribution is -0.118. The summed E-state index contributed by atoms with van der Waals surface area (Å²) in [6, 6.07) is 0. The van der Waals surface area contributed by atoms with E-state index in [2.05, 4.69) is 50.3 Å². The van der Waals surface area contributed by atoms with Crippen molar-refractivity contribution in [1.82, 2.24) is 10.2 Å². The molecule has 2 N–H and O–H groups in total. The first kappa shape index (κ1) is 20.3. The molecule has 3 rings (SSSR count). The van der Waals surface area contributed by atoms with E-state index >= 15 is 0 Å². The molecule has 6 nitrogen and oxygen atoms in total. The smallest absolute Gasteiger partial charge is 0.254 e. The topological polar surface area (TPSA) is 70.7 Å². The van der Waals surface area contributed by atoms with Gasteiger partial charge in [0.05, 0.1) is 12.2 Å². The van der Waals surface area contributed by atoms with Crippen LogP contribution >= 0.6 is 11.3 Å². The van der Waals surface area contributed by atoms with Crippen molar-refractivity contribution in [2.24, 2.45) is 16.7 Å². The Kier molecular flexibility index (Phi) is 5.40. The van der Waals surface area contributed by atoms with Crippen molar-refractivity contribution in [2.75, 3.05) is 39.2 Å². The highest BCUT2D eigenvalue weighted by Gasteiger charge is 2.68. The van der Waals surface area contributed by atoms with Crippen LogP contribution in [-0.4, -0.2) is 50.6 Å². The first-order chi connectivity index (χ1) is 12.6. The molecule has 2 amide bonds. The highest BCUT2D eigenvalue weighted by molar-refractivity contribution is 7.17. The molecule has 0 radical (unpaired) electrons. The van der Waals surface area contributed by atoms with Gasteiger partial charge < -0.3 is 20.3 Å². The highest BCUT2D eigenvalue weighted by atomic mass is 32.1. The molecule has 0 bridgehead atoms. The fourth-order valence-corrected chi connectivity index (χ4v) is 5.58. The zero-order valence-electron chi connectivity index (χ0n) is 17.2. The van der Waals surface area contributed by atoms with E-state index in [1.165, 1.54) is 4.88 Å². The fraction of sp³-hybridized carbons (Fsp3) is 0.700. The third-order valence-corrected chi connectivity index (χ3v) is 7.72. The highest BCUT2D eigenvalue weighted by Crippen LogP contribution is 2.68. The number of thiophene rings is 1. The van der Waals surface area contributed by atoms with Gasteiger partial charge >= 0.3 is 0 Å². The van der Waals surface area contributed by atoms with Crippen LogP contribution in [-0.2, 0) is 22.5 Å². The van der Waals surface area contributed by atoms with Crippen molar-refractivity contribution in [3.63, 3.8) is 0 Å². The van der Waals surface area contributed by atoms with Crippen LogP contribution in [0.3, 0.4) is 0 Å². The molecule has 2 heterocycles. The van der Waals surface area contributed by atoms with Gasteiger partial charge in [0.1, 0.15) is 5.00 Å². The molecule has 1 saturated carbocycles. The van der Waals surface area contributed by atoms with Crippen LogP contribution in [0.2, 0.25) is 0 Å². The monoisotopic (exact) mass is 393 g/mol. The lowest BCUT2D eigenvalue weighted by atomic mass is 10.0. The molecule has 1 aliphatic heterocycles. The van der Waals surface area contributed by atoms with Crippen molar-refractivity contribution in [3.8, 4) is 0 Å². The zero-order valence-corrected chi connectivity index (χ0v) is 18.0. The van der Waals surface area contributed by atoms with Gasteiger partial charge in [-0.25, -0.2) is 0 Å². The first-order valence-corrected chi connectivity index (χ1v) is 10.3. The second kappa shape index (κ2) is 7.18. The van der Waals surface area contributed by atoms with E-state index in [0.29, 0.717) is 23.7 Å². The molecule has 0 aromatic carbocycles. The molecule has 1 aromatic rings. The summed E-state index contributed by atoms with van der Waals surface area (Å²) in [7, 11) is 3.69. The van der Waals surface area contributed by atoms with Crippen LogP contribution in [0, 0.1) is 16.7 Å². The number of carbonyl (C=O) groups is 2. The predicted molar refractivity (Wildman–Crippen MR) is 108 cm³/mol. The number of amides is 2. The molecule has 1 fully saturated rings. The molecule has 0 atom stereocenters. The molecule has 0 spiro atoms. The molecular formula is C20H31N3O3S. The quantitative estimate of drug-likeness (QED) is 0.729.